The van der Waals surface area contributed by atoms with E-state index in [4.69, 9.17) is 4.74 Å². The lowest BCUT2D eigenvalue weighted by Gasteiger charge is -2.26. The Labute approximate surface area is 186 Å². The number of hydrogen-bond acceptors (Lipinski definition) is 6. The van der Waals surface area contributed by atoms with E-state index in [1.165, 1.54) is 11.3 Å². The van der Waals surface area contributed by atoms with Crippen LogP contribution in [0.15, 0.2) is 30.3 Å². The molecule has 8 heteroatoms. The van der Waals surface area contributed by atoms with Gasteiger partial charge >= 0.3 is 0 Å². The first-order chi connectivity index (χ1) is 14.9. The third-order valence-corrected chi connectivity index (χ3v) is 7.39. The number of para-hydroxylation sites is 1. The summed E-state index contributed by atoms with van der Waals surface area (Å²) >= 11 is 1.49. The van der Waals surface area contributed by atoms with Gasteiger partial charge in [-0.15, -0.1) is 11.3 Å². The van der Waals surface area contributed by atoms with Crippen LogP contribution < -0.4 is 4.74 Å². The third kappa shape index (κ3) is 5.07. The van der Waals surface area contributed by atoms with Crippen molar-refractivity contribution < 1.29 is 19.4 Å². The molecule has 0 bridgehead atoms. The number of amides is 2. The maximum atomic E-state index is 12.7. The number of nitrogens with zero attached hydrogens (tertiary/aromatic N) is 3. The number of benzene rings is 1. The van der Waals surface area contributed by atoms with Gasteiger partial charge < -0.3 is 19.6 Å². The first kappa shape index (κ1) is 21.8. The predicted molar refractivity (Wildman–Crippen MR) is 118 cm³/mol. The third-order valence-electron chi connectivity index (χ3n) is 6.07. The highest BCUT2D eigenvalue weighted by atomic mass is 32.1. The second-order valence-electron chi connectivity index (χ2n) is 8.31. The number of aryl methyl sites for hydroxylation is 1. The minimum atomic E-state index is -1.04. The fraction of sp³-hybridized carbons (Fsp3) is 0.522. The molecule has 0 saturated carbocycles. The fourth-order valence-corrected chi connectivity index (χ4v) is 5.26. The van der Waals surface area contributed by atoms with Crippen molar-refractivity contribution in [2.45, 2.75) is 51.2 Å². The van der Waals surface area contributed by atoms with E-state index in [0.717, 1.165) is 22.7 Å². The Kier molecular flexibility index (Phi) is 6.57. The van der Waals surface area contributed by atoms with Crippen molar-refractivity contribution >= 4 is 23.2 Å². The Morgan fingerprint density at radius 2 is 2.00 bits per heavy atom. The molecule has 0 radical (unpaired) electrons. The van der Waals surface area contributed by atoms with Crippen LogP contribution in [0, 0.1) is 6.92 Å². The van der Waals surface area contributed by atoms with E-state index in [9.17, 15) is 14.7 Å². The van der Waals surface area contributed by atoms with E-state index in [1.807, 2.05) is 37.3 Å². The van der Waals surface area contributed by atoms with Gasteiger partial charge in [-0.1, -0.05) is 18.2 Å². The van der Waals surface area contributed by atoms with Gasteiger partial charge in [0.1, 0.15) is 23.0 Å². The number of aromatic nitrogens is 1. The second-order valence-corrected chi connectivity index (χ2v) is 9.40. The molecule has 0 spiro atoms. The quantitative estimate of drug-likeness (QED) is 0.742. The Bertz CT molecular complexity index is 932. The van der Waals surface area contributed by atoms with Gasteiger partial charge in [0.2, 0.25) is 11.8 Å². The minimum Gasteiger partial charge on any atom is -0.488 e. The number of rotatable bonds is 6. The molecule has 0 unspecified atom stereocenters. The zero-order chi connectivity index (χ0) is 21.8. The molecule has 2 aromatic rings. The molecule has 3 heterocycles. The van der Waals surface area contributed by atoms with Crippen molar-refractivity contribution in [2.75, 3.05) is 26.2 Å². The number of aliphatic hydroxyl groups is 1. The topological polar surface area (TPSA) is 83.0 Å². The average Bonchev–Trinajstić information content (AvgIpc) is 3.28. The molecule has 2 aliphatic rings. The van der Waals surface area contributed by atoms with Gasteiger partial charge in [-0.2, -0.15) is 0 Å². The lowest BCUT2D eigenvalue weighted by Crippen LogP contribution is -2.41. The van der Waals surface area contributed by atoms with Crippen molar-refractivity contribution in [2.24, 2.45) is 0 Å². The van der Waals surface area contributed by atoms with E-state index < -0.39 is 5.60 Å². The van der Waals surface area contributed by atoms with Crippen LogP contribution in [-0.2, 0) is 21.8 Å². The molecule has 7 nitrogen and oxygen atoms in total. The molecule has 4 rings (SSSR count). The van der Waals surface area contributed by atoms with Gasteiger partial charge in [0.05, 0.1) is 17.1 Å². The molecular formula is C23H29N3O4S. The Hall–Kier alpha value is -2.45. The lowest BCUT2D eigenvalue weighted by atomic mass is 9.96. The second kappa shape index (κ2) is 9.36. The van der Waals surface area contributed by atoms with Gasteiger partial charge in [0, 0.05) is 32.5 Å². The molecule has 31 heavy (non-hydrogen) atoms. The van der Waals surface area contributed by atoms with Crippen LogP contribution in [-0.4, -0.2) is 57.9 Å². The molecule has 1 atom stereocenters. The molecule has 2 amide bonds. The Balaban J connectivity index is 1.38. The molecule has 2 saturated heterocycles. The number of hydrogen-bond donors (Lipinski definition) is 1. The van der Waals surface area contributed by atoms with E-state index in [0.29, 0.717) is 56.9 Å². The number of ether oxygens (including phenoxy) is 1. The van der Waals surface area contributed by atoms with Crippen molar-refractivity contribution in [3.63, 3.8) is 0 Å². The molecular weight excluding hydrogens is 414 g/mol. The predicted octanol–water partition coefficient (Wildman–Crippen LogP) is 2.85. The van der Waals surface area contributed by atoms with Crippen LogP contribution >= 0.6 is 11.3 Å². The minimum absolute atomic E-state index is 0.0354. The van der Waals surface area contributed by atoms with Gasteiger partial charge in [0.15, 0.2) is 0 Å². The molecule has 1 aromatic heterocycles. The summed E-state index contributed by atoms with van der Waals surface area (Å²) < 4.78 is 5.86. The first-order valence-corrected chi connectivity index (χ1v) is 11.7. The van der Waals surface area contributed by atoms with Crippen molar-refractivity contribution in [1.29, 1.82) is 0 Å². The molecule has 2 fully saturated rings. The highest BCUT2D eigenvalue weighted by Crippen LogP contribution is 2.37. The molecule has 2 aliphatic heterocycles. The van der Waals surface area contributed by atoms with Crippen molar-refractivity contribution in [3.05, 3.63) is 45.9 Å². The largest absolute Gasteiger partial charge is 0.488 e. The monoisotopic (exact) mass is 443 g/mol. The highest BCUT2D eigenvalue weighted by Gasteiger charge is 2.37. The summed E-state index contributed by atoms with van der Waals surface area (Å²) in [5.41, 5.74) is -0.173. The summed E-state index contributed by atoms with van der Waals surface area (Å²) in [6.45, 7) is 4.22. The molecule has 1 aromatic carbocycles. The lowest BCUT2D eigenvalue weighted by molar-refractivity contribution is -0.138. The number of likely N-dealkylation sites (tertiary alicyclic amines) is 2. The highest BCUT2D eigenvalue weighted by molar-refractivity contribution is 7.11. The molecule has 1 N–H and O–H groups in total. The standard InChI is InChI=1S/C23H29N3O4S/c1-17-19(16-30-18-7-3-2-4-8-18)31-22(24-17)23(29)10-6-13-25(14-11-23)21(28)15-26-12-5-9-20(26)27/h2-4,7-8,29H,5-6,9-16H2,1H3/t23-/m0/s1. The Morgan fingerprint density at radius 1 is 1.19 bits per heavy atom. The number of carbonyl (C=O) groups is 2. The summed E-state index contributed by atoms with van der Waals surface area (Å²) in [6.07, 6.45) is 3.06. The fourth-order valence-electron chi connectivity index (χ4n) is 4.14. The van der Waals surface area contributed by atoms with Crippen LogP contribution in [0.1, 0.15) is 47.7 Å². The maximum Gasteiger partial charge on any atom is 0.242 e. The number of thiazole rings is 1. The summed E-state index contributed by atoms with van der Waals surface area (Å²) in [5.74, 6) is 0.825. The zero-order valence-corrected chi connectivity index (χ0v) is 18.7. The number of carbonyl (C=O) groups excluding carboxylic acids is 2. The zero-order valence-electron chi connectivity index (χ0n) is 17.9. The van der Waals surface area contributed by atoms with E-state index >= 15 is 0 Å². The summed E-state index contributed by atoms with van der Waals surface area (Å²) in [7, 11) is 0. The molecule has 0 aliphatic carbocycles. The van der Waals surface area contributed by atoms with Crippen molar-refractivity contribution in [1.82, 2.24) is 14.8 Å². The van der Waals surface area contributed by atoms with Gasteiger partial charge in [-0.05, 0) is 38.3 Å². The summed E-state index contributed by atoms with van der Waals surface area (Å²) in [4.78, 5) is 33.6. The van der Waals surface area contributed by atoms with E-state index in [-0.39, 0.29) is 18.4 Å². The van der Waals surface area contributed by atoms with Crippen molar-refractivity contribution in [3.8, 4) is 5.75 Å². The normalized spacial score (nSPS) is 21.9. The summed E-state index contributed by atoms with van der Waals surface area (Å²) in [6, 6.07) is 9.64. The van der Waals surface area contributed by atoms with Gasteiger partial charge in [-0.25, -0.2) is 4.98 Å². The van der Waals surface area contributed by atoms with Crippen LogP contribution in [0.3, 0.4) is 0 Å². The maximum absolute atomic E-state index is 12.7. The molecule has 166 valence electrons. The first-order valence-electron chi connectivity index (χ1n) is 10.9. The Morgan fingerprint density at radius 3 is 2.74 bits per heavy atom. The average molecular weight is 444 g/mol. The smallest absolute Gasteiger partial charge is 0.242 e. The van der Waals surface area contributed by atoms with E-state index in [2.05, 4.69) is 4.98 Å². The van der Waals surface area contributed by atoms with E-state index in [1.54, 1.807) is 9.80 Å². The van der Waals surface area contributed by atoms with Crippen LogP contribution in [0.4, 0.5) is 0 Å². The summed E-state index contributed by atoms with van der Waals surface area (Å²) in [5, 5.41) is 12.1. The van der Waals surface area contributed by atoms with Gasteiger partial charge in [-0.3, -0.25) is 9.59 Å². The van der Waals surface area contributed by atoms with Crippen LogP contribution in [0.2, 0.25) is 0 Å². The SMILES string of the molecule is Cc1nc([C@]2(O)CCCN(C(=O)CN3CCCC3=O)CC2)sc1COc1ccccc1. The van der Waals surface area contributed by atoms with Crippen LogP contribution in [0.5, 0.6) is 5.75 Å². The van der Waals surface area contributed by atoms with Crippen LogP contribution in [0.25, 0.3) is 0 Å². The van der Waals surface area contributed by atoms with Gasteiger partial charge in [0.25, 0.3) is 0 Å².